The van der Waals surface area contributed by atoms with Crippen LogP contribution in [0, 0.1) is 3.57 Å². The first-order valence-electron chi connectivity index (χ1n) is 5.57. The fraction of sp³-hybridized carbons (Fsp3) is 0. The smallest absolute Gasteiger partial charge is 0.255 e. The number of halogens is 1. The summed E-state index contributed by atoms with van der Waals surface area (Å²) in [5, 5.41) is 1.17. The summed E-state index contributed by atoms with van der Waals surface area (Å²) in [6, 6.07) is 16.5. The molecule has 0 heterocycles. The van der Waals surface area contributed by atoms with E-state index in [4.69, 9.17) is 0 Å². The fourth-order valence-electron chi connectivity index (χ4n) is 1.48. The van der Waals surface area contributed by atoms with E-state index in [-0.39, 0.29) is 0 Å². The Hall–Kier alpha value is -1.34. The summed E-state index contributed by atoms with van der Waals surface area (Å²) in [7, 11) is -3.48. The molecule has 0 unspecified atom stereocenters. The Morgan fingerprint density at radius 3 is 2.42 bits per heavy atom. The van der Waals surface area contributed by atoms with Crippen molar-refractivity contribution in [1.82, 2.24) is 0 Å². The van der Waals surface area contributed by atoms with Crippen molar-refractivity contribution >= 4 is 44.4 Å². The molecule has 19 heavy (non-hydrogen) atoms. The molecule has 0 atom stereocenters. The predicted molar refractivity (Wildman–Crippen MR) is 87.2 cm³/mol. The van der Waals surface area contributed by atoms with E-state index in [9.17, 15) is 8.42 Å². The van der Waals surface area contributed by atoms with Gasteiger partial charge in [-0.1, -0.05) is 36.4 Å². The van der Waals surface area contributed by atoms with E-state index in [1.807, 2.05) is 36.4 Å². The molecule has 0 aromatic heterocycles. The summed E-state index contributed by atoms with van der Waals surface area (Å²) >= 11 is 2.13. The minimum absolute atomic E-state index is 0.560. The molecular weight excluding hydrogens is 373 g/mol. The topological polar surface area (TPSA) is 46.2 Å². The molecule has 0 amide bonds. The van der Waals surface area contributed by atoms with E-state index in [0.717, 1.165) is 9.13 Å². The monoisotopic (exact) mass is 385 g/mol. The fourth-order valence-corrected chi connectivity index (χ4v) is 2.89. The Labute approximate surface area is 126 Å². The Morgan fingerprint density at radius 2 is 1.74 bits per heavy atom. The molecule has 0 aliphatic rings. The maximum atomic E-state index is 11.9. The largest absolute Gasteiger partial charge is 0.280 e. The number of benzene rings is 2. The van der Waals surface area contributed by atoms with Crippen molar-refractivity contribution in [2.24, 2.45) is 0 Å². The third kappa shape index (κ3) is 4.68. The number of anilines is 1. The molecule has 0 aliphatic carbocycles. The molecule has 98 valence electrons. The van der Waals surface area contributed by atoms with E-state index >= 15 is 0 Å². The van der Waals surface area contributed by atoms with Crippen LogP contribution in [-0.4, -0.2) is 8.42 Å². The molecule has 2 aromatic carbocycles. The maximum absolute atomic E-state index is 11.9. The molecule has 2 aromatic rings. The molecule has 0 bridgehead atoms. The highest BCUT2D eigenvalue weighted by Gasteiger charge is 2.05. The number of hydrogen-bond acceptors (Lipinski definition) is 2. The molecule has 0 radical (unpaired) electrons. The molecule has 0 saturated heterocycles. The van der Waals surface area contributed by atoms with Crippen LogP contribution in [0.25, 0.3) is 6.08 Å². The van der Waals surface area contributed by atoms with Gasteiger partial charge in [0, 0.05) is 9.26 Å². The van der Waals surface area contributed by atoms with Crippen molar-refractivity contribution in [3.8, 4) is 0 Å². The van der Waals surface area contributed by atoms with Gasteiger partial charge in [0.25, 0.3) is 10.0 Å². The minimum Gasteiger partial charge on any atom is -0.280 e. The molecule has 1 N–H and O–H groups in total. The summed E-state index contributed by atoms with van der Waals surface area (Å²) in [5.74, 6) is 0. The second-order valence-electron chi connectivity index (χ2n) is 3.87. The molecule has 2 rings (SSSR count). The second kappa shape index (κ2) is 6.21. The van der Waals surface area contributed by atoms with Gasteiger partial charge in [0.05, 0.1) is 5.41 Å². The SMILES string of the molecule is O=S(=O)(/C=C/c1ccccc1)Nc1cccc(I)c1. The van der Waals surface area contributed by atoms with Gasteiger partial charge < -0.3 is 0 Å². The van der Waals surface area contributed by atoms with Crippen LogP contribution in [0.3, 0.4) is 0 Å². The third-order valence-electron chi connectivity index (χ3n) is 2.32. The lowest BCUT2D eigenvalue weighted by Gasteiger charge is -2.04. The predicted octanol–water partition coefficient (Wildman–Crippen LogP) is 3.70. The second-order valence-corrected chi connectivity index (χ2v) is 6.68. The average molecular weight is 385 g/mol. The zero-order chi connectivity index (χ0) is 13.7. The summed E-state index contributed by atoms with van der Waals surface area (Å²) in [6.07, 6.45) is 1.57. The first-order valence-corrected chi connectivity index (χ1v) is 8.19. The van der Waals surface area contributed by atoms with Crippen LogP contribution in [0.5, 0.6) is 0 Å². The number of hydrogen-bond donors (Lipinski definition) is 1. The van der Waals surface area contributed by atoms with Gasteiger partial charge in [0.1, 0.15) is 0 Å². The van der Waals surface area contributed by atoms with Gasteiger partial charge in [0.15, 0.2) is 0 Å². The maximum Gasteiger partial charge on any atom is 0.255 e. The highest BCUT2D eigenvalue weighted by atomic mass is 127. The molecule has 3 nitrogen and oxygen atoms in total. The van der Waals surface area contributed by atoms with Gasteiger partial charge in [-0.2, -0.15) is 0 Å². The minimum atomic E-state index is -3.48. The summed E-state index contributed by atoms with van der Waals surface area (Å²) in [6.45, 7) is 0. The van der Waals surface area contributed by atoms with Crippen LogP contribution in [-0.2, 0) is 10.0 Å². The summed E-state index contributed by atoms with van der Waals surface area (Å²) in [5.41, 5.74) is 1.40. The highest BCUT2D eigenvalue weighted by molar-refractivity contribution is 14.1. The van der Waals surface area contributed by atoms with Crippen LogP contribution < -0.4 is 4.72 Å². The lowest BCUT2D eigenvalue weighted by molar-refractivity contribution is 0.609. The van der Waals surface area contributed by atoms with E-state index in [0.29, 0.717) is 5.69 Å². The molecular formula is C14H12INO2S. The van der Waals surface area contributed by atoms with Crippen LogP contribution in [0.4, 0.5) is 5.69 Å². The van der Waals surface area contributed by atoms with Crippen molar-refractivity contribution in [1.29, 1.82) is 0 Å². The molecule has 5 heteroatoms. The quantitative estimate of drug-likeness (QED) is 0.816. The Balaban J connectivity index is 2.13. The first kappa shape index (κ1) is 14.1. The zero-order valence-corrected chi connectivity index (χ0v) is 12.9. The van der Waals surface area contributed by atoms with Gasteiger partial charge in [-0.25, -0.2) is 8.42 Å². The van der Waals surface area contributed by atoms with Crippen LogP contribution in [0.2, 0.25) is 0 Å². The van der Waals surface area contributed by atoms with Crippen molar-refractivity contribution < 1.29 is 8.42 Å². The van der Waals surface area contributed by atoms with Crippen molar-refractivity contribution in [3.63, 3.8) is 0 Å². The Bertz CT molecular complexity index is 682. The van der Waals surface area contributed by atoms with Gasteiger partial charge in [-0.3, -0.25) is 4.72 Å². The van der Waals surface area contributed by atoms with Gasteiger partial charge >= 0.3 is 0 Å². The Morgan fingerprint density at radius 1 is 1.00 bits per heavy atom. The molecule has 0 fully saturated rings. The summed E-state index contributed by atoms with van der Waals surface area (Å²) in [4.78, 5) is 0. The highest BCUT2D eigenvalue weighted by Crippen LogP contribution is 2.14. The number of sulfonamides is 1. The van der Waals surface area contributed by atoms with Crippen molar-refractivity contribution in [2.45, 2.75) is 0 Å². The molecule has 0 aliphatic heterocycles. The van der Waals surface area contributed by atoms with Crippen LogP contribution in [0.15, 0.2) is 60.0 Å². The Kier molecular flexibility index (Phi) is 4.60. The lowest BCUT2D eigenvalue weighted by Crippen LogP contribution is -2.08. The van der Waals surface area contributed by atoms with Crippen LogP contribution in [0.1, 0.15) is 5.56 Å². The molecule has 0 spiro atoms. The third-order valence-corrected chi connectivity index (χ3v) is 4.01. The normalized spacial score (nSPS) is 11.6. The van der Waals surface area contributed by atoms with Gasteiger partial charge in [-0.05, 0) is 52.4 Å². The van der Waals surface area contributed by atoms with Crippen molar-refractivity contribution in [2.75, 3.05) is 4.72 Å². The zero-order valence-electron chi connectivity index (χ0n) is 9.95. The lowest BCUT2D eigenvalue weighted by atomic mass is 10.2. The van der Waals surface area contributed by atoms with E-state index in [1.54, 1.807) is 24.3 Å². The van der Waals surface area contributed by atoms with Gasteiger partial charge in [0.2, 0.25) is 0 Å². The van der Waals surface area contributed by atoms with Crippen LogP contribution >= 0.6 is 22.6 Å². The standard InChI is InChI=1S/C14H12INO2S/c15-13-7-4-8-14(11-13)16-19(17,18)10-9-12-5-2-1-3-6-12/h1-11,16H/b10-9+. The van der Waals surface area contributed by atoms with Crippen molar-refractivity contribution in [3.05, 3.63) is 69.1 Å². The van der Waals surface area contributed by atoms with E-state index in [2.05, 4.69) is 27.3 Å². The average Bonchev–Trinajstić information content (AvgIpc) is 2.37. The van der Waals surface area contributed by atoms with Gasteiger partial charge in [-0.15, -0.1) is 0 Å². The van der Waals surface area contributed by atoms with E-state index in [1.165, 1.54) is 5.41 Å². The first-order chi connectivity index (χ1) is 9.05. The molecule has 0 saturated carbocycles. The number of rotatable bonds is 4. The van der Waals surface area contributed by atoms with E-state index < -0.39 is 10.0 Å². The number of nitrogens with one attached hydrogen (secondary N) is 1. The summed E-state index contributed by atoms with van der Waals surface area (Å²) < 4.78 is 27.3.